The van der Waals surface area contributed by atoms with Gasteiger partial charge in [-0.05, 0) is 12.3 Å². The quantitative estimate of drug-likeness (QED) is 0.567. The van der Waals surface area contributed by atoms with Crippen molar-refractivity contribution in [2.45, 2.75) is 47.0 Å². The van der Waals surface area contributed by atoms with E-state index < -0.39 is 0 Å². The zero-order valence-electron chi connectivity index (χ0n) is 15.1. The Hall–Kier alpha value is -2.17. The van der Waals surface area contributed by atoms with E-state index in [1.54, 1.807) is 12.1 Å². The summed E-state index contributed by atoms with van der Waals surface area (Å²) < 4.78 is 0. The van der Waals surface area contributed by atoms with Gasteiger partial charge in [-0.1, -0.05) is 50.6 Å². The van der Waals surface area contributed by atoms with Gasteiger partial charge in [0, 0.05) is 37.9 Å². The van der Waals surface area contributed by atoms with Crippen LogP contribution in [0, 0.1) is 12.3 Å². The summed E-state index contributed by atoms with van der Waals surface area (Å²) in [4.78, 5) is 35.3. The Balaban J connectivity index is 2.19. The minimum Gasteiger partial charge on any atom is -0.354 e. The molecule has 0 radical (unpaired) electrons. The molecule has 0 saturated carbocycles. The Labute approximate surface area is 144 Å². The average molecular weight is 332 g/mol. The summed E-state index contributed by atoms with van der Waals surface area (Å²) in [6.07, 6.45) is 0.792. The Bertz CT molecular complexity index is 571. The molecule has 0 atom stereocenters. The maximum atomic E-state index is 12.0. The lowest BCUT2D eigenvalue weighted by Crippen LogP contribution is -2.36. The van der Waals surface area contributed by atoms with E-state index in [9.17, 15) is 14.4 Å². The zero-order valence-corrected chi connectivity index (χ0v) is 15.1. The first-order valence-corrected chi connectivity index (χ1v) is 8.31. The van der Waals surface area contributed by atoms with Gasteiger partial charge in [-0.2, -0.15) is 0 Å². The van der Waals surface area contributed by atoms with Gasteiger partial charge in [-0.15, -0.1) is 0 Å². The molecule has 0 aliphatic carbocycles. The van der Waals surface area contributed by atoms with Crippen LogP contribution >= 0.6 is 0 Å². The van der Waals surface area contributed by atoms with E-state index in [2.05, 4.69) is 10.6 Å². The maximum Gasteiger partial charge on any atom is 0.220 e. The van der Waals surface area contributed by atoms with E-state index >= 15 is 0 Å². The molecule has 1 aromatic rings. The normalized spacial score (nSPS) is 11.0. The third-order valence-corrected chi connectivity index (χ3v) is 3.41. The van der Waals surface area contributed by atoms with Crippen LogP contribution in [-0.2, 0) is 9.59 Å². The highest BCUT2D eigenvalue weighted by molar-refractivity contribution is 5.97. The summed E-state index contributed by atoms with van der Waals surface area (Å²) in [5.41, 5.74) is 1.67. The van der Waals surface area contributed by atoms with Crippen molar-refractivity contribution in [2.75, 3.05) is 13.1 Å². The van der Waals surface area contributed by atoms with Crippen molar-refractivity contribution in [1.82, 2.24) is 10.6 Å². The van der Waals surface area contributed by atoms with Gasteiger partial charge in [0.05, 0.1) is 0 Å². The van der Waals surface area contributed by atoms with E-state index in [0.29, 0.717) is 25.1 Å². The number of carbonyl (C=O) groups is 3. The first-order valence-electron chi connectivity index (χ1n) is 8.31. The number of hydrogen-bond donors (Lipinski definition) is 2. The van der Waals surface area contributed by atoms with Gasteiger partial charge in [0.1, 0.15) is 0 Å². The van der Waals surface area contributed by atoms with Crippen LogP contribution in [0.2, 0.25) is 0 Å². The highest BCUT2D eigenvalue weighted by Gasteiger charge is 2.15. The first-order chi connectivity index (χ1) is 11.2. The molecule has 0 aliphatic rings. The number of hydrogen-bond acceptors (Lipinski definition) is 3. The molecule has 0 saturated heterocycles. The Morgan fingerprint density at radius 1 is 0.875 bits per heavy atom. The number of amides is 2. The minimum absolute atomic E-state index is 0.0219. The second-order valence-electron chi connectivity index (χ2n) is 7.23. The summed E-state index contributed by atoms with van der Waals surface area (Å²) in [6.45, 7) is 8.72. The van der Waals surface area contributed by atoms with Gasteiger partial charge in [0.2, 0.25) is 11.8 Å². The fraction of sp³-hybridized carbons (Fsp3) is 0.526. The molecule has 5 nitrogen and oxygen atoms in total. The van der Waals surface area contributed by atoms with E-state index in [4.69, 9.17) is 0 Å². The number of nitrogens with one attached hydrogen (secondary N) is 2. The monoisotopic (exact) mass is 332 g/mol. The van der Waals surface area contributed by atoms with Gasteiger partial charge >= 0.3 is 0 Å². The lowest BCUT2D eigenvalue weighted by molar-refractivity contribution is -0.124. The number of aryl methyl sites for hydroxylation is 1. The van der Waals surface area contributed by atoms with Crippen molar-refractivity contribution in [2.24, 2.45) is 5.41 Å². The summed E-state index contributed by atoms with van der Waals surface area (Å²) in [6, 6.07) is 7.32. The molecule has 1 rings (SSSR count). The molecule has 132 valence electrons. The van der Waals surface area contributed by atoms with Gasteiger partial charge in [-0.25, -0.2) is 0 Å². The van der Waals surface area contributed by atoms with Crippen molar-refractivity contribution in [3.05, 3.63) is 35.4 Å². The van der Waals surface area contributed by atoms with Crippen LogP contribution in [0.15, 0.2) is 24.3 Å². The van der Waals surface area contributed by atoms with E-state index in [1.807, 2.05) is 39.8 Å². The first kappa shape index (κ1) is 19.9. The van der Waals surface area contributed by atoms with Crippen molar-refractivity contribution in [3.63, 3.8) is 0 Å². The lowest BCUT2D eigenvalue weighted by atomic mass is 9.92. The fourth-order valence-electron chi connectivity index (χ4n) is 2.15. The minimum atomic E-state index is -0.180. The SMILES string of the molecule is Cc1ccc(C(=O)CCC(=O)NCCNC(=O)CC(C)(C)C)cc1. The van der Waals surface area contributed by atoms with Gasteiger partial charge < -0.3 is 10.6 Å². The van der Waals surface area contributed by atoms with Crippen LogP contribution < -0.4 is 10.6 Å². The smallest absolute Gasteiger partial charge is 0.220 e. The van der Waals surface area contributed by atoms with Crippen LogP contribution in [-0.4, -0.2) is 30.7 Å². The third-order valence-electron chi connectivity index (χ3n) is 3.41. The highest BCUT2D eigenvalue weighted by atomic mass is 16.2. The molecule has 0 unspecified atom stereocenters. The number of rotatable bonds is 8. The summed E-state index contributed by atoms with van der Waals surface area (Å²) in [7, 11) is 0. The molecule has 0 aromatic heterocycles. The second kappa shape index (κ2) is 9.21. The van der Waals surface area contributed by atoms with E-state index in [0.717, 1.165) is 5.56 Å². The molecule has 0 spiro atoms. The molecular formula is C19H28N2O3. The third kappa shape index (κ3) is 8.46. The Morgan fingerprint density at radius 3 is 1.96 bits per heavy atom. The topological polar surface area (TPSA) is 75.3 Å². The molecule has 0 bridgehead atoms. The maximum absolute atomic E-state index is 12.0. The van der Waals surface area contributed by atoms with Crippen LogP contribution in [0.3, 0.4) is 0 Å². The van der Waals surface area contributed by atoms with Crippen molar-refractivity contribution in [3.8, 4) is 0 Å². The predicted molar refractivity (Wildman–Crippen MR) is 94.8 cm³/mol. The molecule has 1 aromatic carbocycles. The van der Waals surface area contributed by atoms with Crippen LogP contribution in [0.4, 0.5) is 0 Å². The molecular weight excluding hydrogens is 304 g/mol. The number of Topliss-reactive ketones (excluding diaryl/α,β-unsaturated/α-hetero) is 1. The van der Waals surface area contributed by atoms with Gasteiger partial charge in [0.15, 0.2) is 5.78 Å². The van der Waals surface area contributed by atoms with Crippen LogP contribution in [0.1, 0.15) is 56.0 Å². The average Bonchev–Trinajstić information content (AvgIpc) is 2.48. The van der Waals surface area contributed by atoms with E-state index in [1.165, 1.54) is 0 Å². The molecule has 2 N–H and O–H groups in total. The lowest BCUT2D eigenvalue weighted by Gasteiger charge is -2.17. The molecule has 0 fully saturated rings. The molecule has 24 heavy (non-hydrogen) atoms. The number of ketones is 1. The molecule has 0 aliphatic heterocycles. The predicted octanol–water partition coefficient (Wildman–Crippen LogP) is 2.63. The van der Waals surface area contributed by atoms with Crippen LogP contribution in [0.5, 0.6) is 0 Å². The molecule has 5 heteroatoms. The van der Waals surface area contributed by atoms with E-state index in [-0.39, 0.29) is 35.9 Å². The Kier molecular flexibility index (Phi) is 7.62. The Morgan fingerprint density at radius 2 is 1.42 bits per heavy atom. The highest BCUT2D eigenvalue weighted by Crippen LogP contribution is 2.17. The molecule has 0 heterocycles. The number of carbonyl (C=O) groups excluding carboxylic acids is 3. The standard InChI is InChI=1S/C19H28N2O3/c1-14-5-7-15(8-6-14)16(22)9-10-17(23)20-11-12-21-18(24)13-19(2,3)4/h5-8H,9-13H2,1-4H3,(H,20,23)(H,21,24). The van der Waals surface area contributed by atoms with Crippen LogP contribution in [0.25, 0.3) is 0 Å². The van der Waals surface area contributed by atoms with Gasteiger partial charge in [0.25, 0.3) is 0 Å². The largest absolute Gasteiger partial charge is 0.354 e. The van der Waals surface area contributed by atoms with Gasteiger partial charge in [-0.3, -0.25) is 14.4 Å². The summed E-state index contributed by atoms with van der Waals surface area (Å²) in [5.74, 6) is -0.240. The van der Waals surface area contributed by atoms with Crippen molar-refractivity contribution >= 4 is 17.6 Å². The zero-order chi connectivity index (χ0) is 18.2. The summed E-state index contributed by atoms with van der Waals surface area (Å²) in [5, 5.41) is 5.48. The van der Waals surface area contributed by atoms with Crippen molar-refractivity contribution in [1.29, 1.82) is 0 Å². The fourth-order valence-corrected chi connectivity index (χ4v) is 2.15. The second-order valence-corrected chi connectivity index (χ2v) is 7.23. The number of benzene rings is 1. The van der Waals surface area contributed by atoms with Crippen molar-refractivity contribution < 1.29 is 14.4 Å². The molecule has 2 amide bonds. The summed E-state index contributed by atoms with van der Waals surface area (Å²) >= 11 is 0.